The van der Waals surface area contributed by atoms with E-state index in [1.54, 1.807) is 10.7 Å². The molecule has 0 radical (unpaired) electrons. The summed E-state index contributed by atoms with van der Waals surface area (Å²) in [4.78, 5) is 0. The van der Waals surface area contributed by atoms with Crippen LogP contribution in [0, 0.1) is 5.82 Å². The van der Waals surface area contributed by atoms with Crippen LogP contribution in [0.2, 0.25) is 0 Å². The molecule has 0 bridgehead atoms. The second-order valence-electron chi connectivity index (χ2n) is 4.24. The SMILES string of the molecule is CNC(Cc1cnn(C)c1)c1ccc(F)c(Br)c1. The van der Waals surface area contributed by atoms with Gasteiger partial charge in [0, 0.05) is 19.3 Å². The van der Waals surface area contributed by atoms with Crippen molar-refractivity contribution in [3.8, 4) is 0 Å². The standard InChI is InChI=1S/C13H15BrFN3/c1-16-13(5-9-7-17-18(2)8-9)10-3-4-12(15)11(14)6-10/h3-4,6-8,13,16H,5H2,1-2H3. The van der Waals surface area contributed by atoms with Gasteiger partial charge in [-0.2, -0.15) is 5.10 Å². The number of aryl methyl sites for hydroxylation is 1. The lowest BCUT2D eigenvalue weighted by molar-refractivity contribution is 0.583. The number of halogens is 2. The summed E-state index contributed by atoms with van der Waals surface area (Å²) in [5.74, 6) is -0.241. The van der Waals surface area contributed by atoms with Gasteiger partial charge in [-0.1, -0.05) is 6.07 Å². The molecule has 18 heavy (non-hydrogen) atoms. The van der Waals surface area contributed by atoms with Crippen molar-refractivity contribution in [1.29, 1.82) is 0 Å². The van der Waals surface area contributed by atoms with Gasteiger partial charge in [0.1, 0.15) is 5.82 Å². The van der Waals surface area contributed by atoms with E-state index in [0.717, 1.165) is 17.5 Å². The number of aromatic nitrogens is 2. The Balaban J connectivity index is 2.19. The first kappa shape index (κ1) is 13.2. The van der Waals surface area contributed by atoms with Crippen LogP contribution < -0.4 is 5.32 Å². The van der Waals surface area contributed by atoms with Gasteiger partial charge in [-0.25, -0.2) is 4.39 Å². The fraction of sp³-hybridized carbons (Fsp3) is 0.308. The molecule has 1 atom stereocenters. The summed E-state index contributed by atoms with van der Waals surface area (Å²) < 4.78 is 15.5. The molecule has 0 fully saturated rings. The van der Waals surface area contributed by atoms with Gasteiger partial charge < -0.3 is 5.32 Å². The van der Waals surface area contributed by atoms with Gasteiger partial charge in [-0.15, -0.1) is 0 Å². The summed E-state index contributed by atoms with van der Waals surface area (Å²) in [5, 5.41) is 7.39. The van der Waals surface area contributed by atoms with Crippen LogP contribution in [-0.2, 0) is 13.5 Å². The van der Waals surface area contributed by atoms with Crippen molar-refractivity contribution >= 4 is 15.9 Å². The molecule has 0 spiro atoms. The molecule has 1 aromatic heterocycles. The Labute approximate surface area is 114 Å². The van der Waals surface area contributed by atoms with Crippen LogP contribution in [0.1, 0.15) is 17.2 Å². The molecule has 96 valence electrons. The van der Waals surface area contributed by atoms with Crippen LogP contribution in [0.25, 0.3) is 0 Å². The maximum absolute atomic E-state index is 13.2. The van der Waals surface area contributed by atoms with Gasteiger partial charge in [0.2, 0.25) is 0 Å². The van der Waals surface area contributed by atoms with E-state index in [9.17, 15) is 4.39 Å². The number of nitrogens with one attached hydrogen (secondary N) is 1. The fourth-order valence-corrected chi connectivity index (χ4v) is 2.33. The fourth-order valence-electron chi connectivity index (χ4n) is 1.93. The summed E-state index contributed by atoms with van der Waals surface area (Å²) in [6.07, 6.45) is 4.66. The predicted molar refractivity (Wildman–Crippen MR) is 72.8 cm³/mol. The zero-order chi connectivity index (χ0) is 13.1. The first-order valence-electron chi connectivity index (χ1n) is 5.70. The highest BCUT2D eigenvalue weighted by atomic mass is 79.9. The largest absolute Gasteiger partial charge is 0.313 e. The van der Waals surface area contributed by atoms with E-state index in [1.165, 1.54) is 6.07 Å². The normalized spacial score (nSPS) is 12.7. The van der Waals surface area contributed by atoms with Crippen molar-refractivity contribution in [3.63, 3.8) is 0 Å². The molecule has 1 N–H and O–H groups in total. The van der Waals surface area contributed by atoms with Crippen molar-refractivity contribution in [1.82, 2.24) is 15.1 Å². The molecule has 0 saturated heterocycles. The first-order chi connectivity index (χ1) is 8.60. The highest BCUT2D eigenvalue weighted by Crippen LogP contribution is 2.23. The monoisotopic (exact) mass is 311 g/mol. The van der Waals surface area contributed by atoms with Gasteiger partial charge in [-0.3, -0.25) is 4.68 Å². The molecule has 0 aliphatic carbocycles. The number of nitrogens with zero attached hydrogens (tertiary/aromatic N) is 2. The zero-order valence-electron chi connectivity index (χ0n) is 10.3. The summed E-state index contributed by atoms with van der Waals surface area (Å²) in [6.45, 7) is 0. The van der Waals surface area contributed by atoms with E-state index in [2.05, 4.69) is 26.3 Å². The van der Waals surface area contributed by atoms with Crippen molar-refractivity contribution in [3.05, 3.63) is 52.0 Å². The van der Waals surface area contributed by atoms with Crippen LogP contribution >= 0.6 is 15.9 Å². The van der Waals surface area contributed by atoms with Gasteiger partial charge in [0.05, 0.1) is 10.7 Å². The third-order valence-corrected chi connectivity index (χ3v) is 3.50. The quantitative estimate of drug-likeness (QED) is 0.941. The van der Waals surface area contributed by atoms with Gasteiger partial charge in [-0.05, 0) is 52.7 Å². The summed E-state index contributed by atoms with van der Waals surface area (Å²) in [5.41, 5.74) is 2.20. The second-order valence-corrected chi connectivity index (χ2v) is 5.10. The lowest BCUT2D eigenvalue weighted by Gasteiger charge is -2.16. The topological polar surface area (TPSA) is 29.9 Å². The van der Waals surface area contributed by atoms with Gasteiger partial charge >= 0.3 is 0 Å². The molecule has 5 heteroatoms. The average Bonchev–Trinajstić information content (AvgIpc) is 2.75. The lowest BCUT2D eigenvalue weighted by atomic mass is 10.0. The third-order valence-electron chi connectivity index (χ3n) is 2.89. The molecular formula is C13H15BrFN3. The minimum absolute atomic E-state index is 0.145. The minimum Gasteiger partial charge on any atom is -0.313 e. The van der Waals surface area contributed by atoms with Crippen molar-refractivity contribution < 1.29 is 4.39 Å². The van der Waals surface area contributed by atoms with E-state index in [-0.39, 0.29) is 11.9 Å². The Morgan fingerprint density at radius 1 is 1.50 bits per heavy atom. The lowest BCUT2D eigenvalue weighted by Crippen LogP contribution is -2.18. The van der Waals surface area contributed by atoms with E-state index in [4.69, 9.17) is 0 Å². The third kappa shape index (κ3) is 2.97. The second kappa shape index (κ2) is 5.63. The van der Waals surface area contributed by atoms with E-state index in [0.29, 0.717) is 4.47 Å². The van der Waals surface area contributed by atoms with Crippen LogP contribution in [0.15, 0.2) is 35.1 Å². The Morgan fingerprint density at radius 2 is 2.28 bits per heavy atom. The zero-order valence-corrected chi connectivity index (χ0v) is 11.9. The Morgan fingerprint density at radius 3 is 2.83 bits per heavy atom. The number of hydrogen-bond acceptors (Lipinski definition) is 2. The molecule has 0 amide bonds. The molecule has 0 aliphatic heterocycles. The number of benzene rings is 1. The smallest absolute Gasteiger partial charge is 0.137 e. The van der Waals surface area contributed by atoms with Crippen molar-refractivity contribution in [2.75, 3.05) is 7.05 Å². The number of hydrogen-bond donors (Lipinski definition) is 1. The maximum Gasteiger partial charge on any atom is 0.137 e. The molecule has 1 aromatic carbocycles. The van der Waals surface area contributed by atoms with Crippen molar-refractivity contribution in [2.45, 2.75) is 12.5 Å². The molecular weight excluding hydrogens is 297 g/mol. The molecule has 1 heterocycles. The van der Waals surface area contributed by atoms with Crippen LogP contribution in [0.4, 0.5) is 4.39 Å². The summed E-state index contributed by atoms with van der Waals surface area (Å²) in [6, 6.07) is 5.24. The van der Waals surface area contributed by atoms with E-state index in [1.807, 2.05) is 32.6 Å². The van der Waals surface area contributed by atoms with Crippen LogP contribution in [0.3, 0.4) is 0 Å². The first-order valence-corrected chi connectivity index (χ1v) is 6.49. The summed E-state index contributed by atoms with van der Waals surface area (Å²) >= 11 is 3.21. The molecule has 2 rings (SSSR count). The molecule has 0 saturated carbocycles. The molecule has 0 aliphatic rings. The highest BCUT2D eigenvalue weighted by molar-refractivity contribution is 9.10. The highest BCUT2D eigenvalue weighted by Gasteiger charge is 2.12. The van der Waals surface area contributed by atoms with Gasteiger partial charge in [0.25, 0.3) is 0 Å². The van der Waals surface area contributed by atoms with E-state index >= 15 is 0 Å². The van der Waals surface area contributed by atoms with Crippen LogP contribution in [-0.4, -0.2) is 16.8 Å². The average molecular weight is 312 g/mol. The van der Waals surface area contributed by atoms with Crippen LogP contribution in [0.5, 0.6) is 0 Å². The Bertz CT molecular complexity index is 539. The minimum atomic E-state index is -0.241. The molecule has 3 nitrogen and oxygen atoms in total. The number of likely N-dealkylation sites (N-methyl/N-ethyl adjacent to an activating group) is 1. The van der Waals surface area contributed by atoms with E-state index < -0.39 is 0 Å². The predicted octanol–water partition coefficient (Wildman–Crippen LogP) is 2.82. The number of rotatable bonds is 4. The Hall–Kier alpha value is -1.20. The van der Waals surface area contributed by atoms with Gasteiger partial charge in [0.15, 0.2) is 0 Å². The molecule has 2 aromatic rings. The maximum atomic E-state index is 13.2. The summed E-state index contributed by atoms with van der Waals surface area (Å²) in [7, 11) is 3.80. The molecule has 1 unspecified atom stereocenters. The van der Waals surface area contributed by atoms with Crippen molar-refractivity contribution in [2.24, 2.45) is 7.05 Å². The Kier molecular flexibility index (Phi) is 4.14.